The molecule has 0 aromatic carbocycles. The Kier molecular flexibility index (Phi) is 5.80. The Bertz CT molecular complexity index is 1080. The van der Waals surface area contributed by atoms with Crippen LogP contribution in [0.5, 0.6) is 0 Å². The molecule has 1 aliphatic rings. The third-order valence-electron chi connectivity index (χ3n) is 5.04. The number of hydrogen-bond acceptors (Lipinski definition) is 9. The molecule has 30 heavy (non-hydrogen) atoms. The second-order valence-electron chi connectivity index (χ2n) is 6.96. The van der Waals surface area contributed by atoms with Crippen LogP contribution in [0.2, 0.25) is 0 Å². The number of nitrogens with zero attached hydrogens (tertiary/aromatic N) is 7. The minimum atomic E-state index is -0.688. The lowest BCUT2D eigenvalue weighted by atomic mass is 10.3. The van der Waals surface area contributed by atoms with Crippen molar-refractivity contribution in [3.63, 3.8) is 0 Å². The van der Waals surface area contributed by atoms with Gasteiger partial charge in [0.1, 0.15) is 5.65 Å². The van der Waals surface area contributed by atoms with Crippen LogP contribution < -0.4 is 15.8 Å². The van der Waals surface area contributed by atoms with Gasteiger partial charge in [-0.05, 0) is 31.2 Å². The van der Waals surface area contributed by atoms with Gasteiger partial charge in [0, 0.05) is 51.3 Å². The van der Waals surface area contributed by atoms with Gasteiger partial charge in [0.05, 0.1) is 4.92 Å². The van der Waals surface area contributed by atoms with E-state index in [2.05, 4.69) is 30.1 Å². The second kappa shape index (κ2) is 8.82. The van der Waals surface area contributed by atoms with Crippen molar-refractivity contribution in [1.82, 2.24) is 24.3 Å². The normalized spacial score (nSPS) is 14.7. The molecule has 0 amide bonds. The summed E-state index contributed by atoms with van der Waals surface area (Å²) in [5.41, 5.74) is -0.850. The number of fused-ring (bicyclic) bond motifs is 1. The van der Waals surface area contributed by atoms with Crippen molar-refractivity contribution < 1.29 is 4.92 Å². The molecule has 3 aromatic rings. The Morgan fingerprint density at radius 1 is 1.10 bits per heavy atom. The smallest absolute Gasteiger partial charge is 0.364 e. The molecule has 1 fully saturated rings. The molecule has 1 N–H and O–H groups in total. The molecule has 0 unspecified atom stereocenters. The van der Waals surface area contributed by atoms with Crippen molar-refractivity contribution in [2.24, 2.45) is 0 Å². The fraction of sp³-hybridized carbons (Fsp3) is 0.368. The predicted molar refractivity (Wildman–Crippen MR) is 112 cm³/mol. The zero-order chi connectivity index (χ0) is 20.9. The van der Waals surface area contributed by atoms with Crippen LogP contribution >= 0.6 is 0 Å². The molecule has 1 aliphatic heterocycles. The van der Waals surface area contributed by atoms with Crippen molar-refractivity contribution >= 4 is 23.1 Å². The fourth-order valence-electron chi connectivity index (χ4n) is 3.50. The van der Waals surface area contributed by atoms with E-state index in [1.165, 1.54) is 10.6 Å². The lowest BCUT2D eigenvalue weighted by molar-refractivity contribution is -0.385. The summed E-state index contributed by atoms with van der Waals surface area (Å²) in [7, 11) is 0. The van der Waals surface area contributed by atoms with Gasteiger partial charge >= 0.3 is 11.2 Å². The third-order valence-corrected chi connectivity index (χ3v) is 5.04. The topological polar surface area (TPSA) is 122 Å². The minimum absolute atomic E-state index is 0.0160. The molecule has 11 heteroatoms. The Labute approximate surface area is 172 Å². The van der Waals surface area contributed by atoms with E-state index < -0.39 is 16.2 Å². The Hall–Kier alpha value is -3.60. The first-order valence-corrected chi connectivity index (χ1v) is 9.77. The van der Waals surface area contributed by atoms with Gasteiger partial charge in [-0.15, -0.1) is 0 Å². The van der Waals surface area contributed by atoms with Crippen molar-refractivity contribution in [2.45, 2.75) is 6.42 Å². The molecule has 0 spiro atoms. The molecular weight excluding hydrogens is 388 g/mol. The monoisotopic (exact) mass is 410 g/mol. The number of rotatable bonds is 7. The highest BCUT2D eigenvalue weighted by molar-refractivity contribution is 5.59. The van der Waals surface area contributed by atoms with Gasteiger partial charge in [0.2, 0.25) is 11.8 Å². The number of aromatic nitrogens is 4. The zero-order valence-corrected chi connectivity index (χ0v) is 16.3. The van der Waals surface area contributed by atoms with E-state index in [-0.39, 0.29) is 5.82 Å². The molecule has 0 radical (unpaired) electrons. The molecular formula is C19H22N8O3. The average molecular weight is 410 g/mol. The average Bonchev–Trinajstić information content (AvgIpc) is 2.77. The predicted octanol–water partition coefficient (Wildman–Crippen LogP) is 1.02. The largest absolute Gasteiger partial charge is 0.376 e. The Balaban J connectivity index is 1.32. The first kappa shape index (κ1) is 19.7. The summed E-state index contributed by atoms with van der Waals surface area (Å²) < 4.78 is 1.18. The summed E-state index contributed by atoms with van der Waals surface area (Å²) in [5, 5.41) is 14.4. The van der Waals surface area contributed by atoms with Gasteiger partial charge in [0.15, 0.2) is 0 Å². The summed E-state index contributed by atoms with van der Waals surface area (Å²) in [4.78, 5) is 40.5. The first-order valence-electron chi connectivity index (χ1n) is 9.77. The molecule has 3 aromatic heterocycles. The molecule has 0 atom stereocenters. The lowest BCUT2D eigenvalue weighted by Crippen LogP contribution is -2.47. The highest BCUT2D eigenvalue weighted by atomic mass is 16.6. The standard InChI is InChI=1S/C19H22N8O3/c28-18-16(27(29)30)17(23-15-5-1-2-10-26(15)18)20-8-4-9-24-11-13-25(14-12-24)19-21-6-3-7-22-19/h1-3,5-7,10,20H,4,8-9,11-14H2. The van der Waals surface area contributed by atoms with E-state index in [0.717, 1.165) is 45.1 Å². The van der Waals surface area contributed by atoms with E-state index >= 15 is 0 Å². The summed E-state index contributed by atoms with van der Waals surface area (Å²) in [6.45, 7) is 4.83. The number of anilines is 2. The summed E-state index contributed by atoms with van der Waals surface area (Å²) in [6.07, 6.45) is 5.73. The van der Waals surface area contributed by atoms with E-state index in [1.54, 1.807) is 36.7 Å². The molecule has 0 aliphatic carbocycles. The van der Waals surface area contributed by atoms with Crippen LogP contribution in [-0.2, 0) is 0 Å². The molecule has 0 saturated carbocycles. The van der Waals surface area contributed by atoms with Crippen molar-refractivity contribution in [2.75, 3.05) is 49.5 Å². The number of pyridine rings is 1. The molecule has 4 rings (SSSR count). The van der Waals surface area contributed by atoms with Crippen molar-refractivity contribution in [3.05, 3.63) is 63.3 Å². The van der Waals surface area contributed by atoms with E-state index in [1.807, 2.05) is 0 Å². The molecule has 11 nitrogen and oxygen atoms in total. The third kappa shape index (κ3) is 4.20. The van der Waals surface area contributed by atoms with Gasteiger partial charge in [-0.1, -0.05) is 6.07 Å². The van der Waals surface area contributed by atoms with Crippen LogP contribution in [0, 0.1) is 10.1 Å². The van der Waals surface area contributed by atoms with Gasteiger partial charge in [0.25, 0.3) is 0 Å². The molecule has 4 heterocycles. The highest BCUT2D eigenvalue weighted by Crippen LogP contribution is 2.18. The highest BCUT2D eigenvalue weighted by Gasteiger charge is 2.23. The van der Waals surface area contributed by atoms with E-state index in [9.17, 15) is 14.9 Å². The number of nitro groups is 1. The maximum absolute atomic E-state index is 12.4. The van der Waals surface area contributed by atoms with Crippen LogP contribution in [0.15, 0.2) is 47.7 Å². The zero-order valence-electron chi connectivity index (χ0n) is 16.3. The van der Waals surface area contributed by atoms with Crippen LogP contribution in [-0.4, -0.2) is 68.4 Å². The number of hydrogen-bond donors (Lipinski definition) is 1. The van der Waals surface area contributed by atoms with Gasteiger partial charge < -0.3 is 10.2 Å². The summed E-state index contributed by atoms with van der Waals surface area (Å²) in [5.74, 6) is 0.766. The first-order chi connectivity index (χ1) is 14.6. The van der Waals surface area contributed by atoms with Gasteiger partial charge in [-0.25, -0.2) is 15.0 Å². The number of nitrogens with one attached hydrogen (secondary N) is 1. The van der Waals surface area contributed by atoms with Crippen LogP contribution in [0.3, 0.4) is 0 Å². The van der Waals surface area contributed by atoms with Crippen molar-refractivity contribution in [1.29, 1.82) is 0 Å². The van der Waals surface area contributed by atoms with Crippen molar-refractivity contribution in [3.8, 4) is 0 Å². The quantitative estimate of drug-likeness (QED) is 0.345. The fourth-order valence-corrected chi connectivity index (χ4v) is 3.50. The maximum Gasteiger partial charge on any atom is 0.376 e. The van der Waals surface area contributed by atoms with Crippen LogP contribution in [0.25, 0.3) is 5.65 Å². The molecule has 156 valence electrons. The van der Waals surface area contributed by atoms with E-state index in [0.29, 0.717) is 12.2 Å². The molecule has 1 saturated heterocycles. The van der Waals surface area contributed by atoms with Crippen LogP contribution in [0.4, 0.5) is 17.5 Å². The van der Waals surface area contributed by atoms with Gasteiger partial charge in [-0.3, -0.25) is 24.2 Å². The second-order valence-corrected chi connectivity index (χ2v) is 6.96. The SMILES string of the molecule is O=c1c([N+](=O)[O-])c(NCCCN2CCN(c3ncccn3)CC2)nc2ccccn12. The number of piperazine rings is 1. The summed E-state index contributed by atoms with van der Waals surface area (Å²) >= 11 is 0. The van der Waals surface area contributed by atoms with E-state index in [4.69, 9.17) is 0 Å². The molecule has 0 bridgehead atoms. The summed E-state index contributed by atoms with van der Waals surface area (Å²) in [6, 6.07) is 6.82. The van der Waals surface area contributed by atoms with Crippen LogP contribution in [0.1, 0.15) is 6.42 Å². The lowest BCUT2D eigenvalue weighted by Gasteiger charge is -2.34. The Morgan fingerprint density at radius 2 is 1.87 bits per heavy atom. The Morgan fingerprint density at radius 3 is 2.60 bits per heavy atom. The van der Waals surface area contributed by atoms with Gasteiger partial charge in [-0.2, -0.15) is 0 Å². The minimum Gasteiger partial charge on any atom is -0.364 e. The maximum atomic E-state index is 12.4.